The zero-order chi connectivity index (χ0) is 63.8. The molecule has 38 nitrogen and oxygen atoms in total. The summed E-state index contributed by atoms with van der Waals surface area (Å²) in [5, 5.41) is 53.8. The SMILES string of the molecule is CCCN(CCC)c1c(N=O)cc(S(=O)(=O)NC(=O)CN(CCN(CC(=O)O)CC(=O)NCCOS(=O)(=O)O)CCN(CC(=O)NCCOS(=O)(=O)O)CC(=O)NS(=O)(=O)c2cc([N+](=O)[O-])c(N(CCC)CCC)c([N+](=O)[O-])c2)cc1[N+](=O)[O-]. The van der Waals surface area contributed by atoms with Crippen molar-refractivity contribution in [2.24, 2.45) is 5.18 Å². The molecule has 0 saturated heterocycles. The lowest BCUT2D eigenvalue weighted by Gasteiger charge is -2.29. The van der Waals surface area contributed by atoms with Crippen molar-refractivity contribution in [2.45, 2.75) is 63.2 Å². The zero-order valence-corrected chi connectivity index (χ0v) is 48.9. The van der Waals surface area contributed by atoms with E-state index in [1.807, 2.05) is 0 Å². The first-order chi connectivity index (χ1) is 39.1. The maximum absolute atomic E-state index is 13.8. The lowest BCUT2D eigenvalue weighted by molar-refractivity contribution is -0.393. The highest BCUT2D eigenvalue weighted by atomic mass is 32.3. The van der Waals surface area contributed by atoms with Crippen LogP contribution in [0.1, 0.15) is 53.4 Å². The van der Waals surface area contributed by atoms with E-state index in [2.05, 4.69) is 24.2 Å². The predicted molar refractivity (Wildman–Crippen MR) is 293 cm³/mol. The number of nitroso groups, excluding NO2 is 1. The van der Waals surface area contributed by atoms with Crippen molar-refractivity contribution in [2.75, 3.05) is 121 Å². The second-order valence-corrected chi connectivity index (χ2v) is 23.4. The first kappa shape index (κ1) is 72.8. The maximum Gasteiger partial charge on any atom is 0.397 e. The number of hydrogen-bond donors (Lipinski definition) is 7. The summed E-state index contributed by atoms with van der Waals surface area (Å²) in [5.41, 5.74) is -4.39. The number of aliphatic carboxylic acids is 1. The number of carbonyl (C=O) groups excluding carboxylic acids is 4. The van der Waals surface area contributed by atoms with Crippen molar-refractivity contribution < 1.29 is 95.0 Å². The topological polar surface area (TPSA) is 524 Å². The molecule has 472 valence electrons. The van der Waals surface area contributed by atoms with Crippen molar-refractivity contribution in [1.29, 1.82) is 0 Å². The molecule has 0 aliphatic heterocycles. The minimum Gasteiger partial charge on any atom is -0.480 e. The number of nitro groups is 3. The molecule has 0 unspecified atom stereocenters. The Balaban J connectivity index is 2.71. The van der Waals surface area contributed by atoms with Gasteiger partial charge in [0.15, 0.2) is 5.69 Å². The fourth-order valence-electron chi connectivity index (χ4n) is 7.89. The van der Waals surface area contributed by atoms with E-state index in [-0.39, 0.29) is 31.9 Å². The van der Waals surface area contributed by atoms with Crippen molar-refractivity contribution in [1.82, 2.24) is 34.8 Å². The molecule has 0 spiro atoms. The van der Waals surface area contributed by atoms with E-state index in [1.165, 1.54) is 9.80 Å². The highest BCUT2D eigenvalue weighted by molar-refractivity contribution is 7.90. The molecule has 0 heterocycles. The van der Waals surface area contributed by atoms with Gasteiger partial charge in [-0.15, -0.1) is 4.91 Å². The van der Waals surface area contributed by atoms with Crippen molar-refractivity contribution in [3.8, 4) is 0 Å². The molecule has 0 atom stereocenters. The third-order valence-corrected chi connectivity index (χ3v) is 14.7. The number of anilines is 2. The van der Waals surface area contributed by atoms with Crippen LogP contribution in [0.2, 0.25) is 0 Å². The molecule has 0 aliphatic rings. The number of nitro benzene ring substituents is 3. The summed E-state index contributed by atoms with van der Waals surface area (Å²) in [6, 6.07) is 2.23. The zero-order valence-electron chi connectivity index (χ0n) is 45.6. The summed E-state index contributed by atoms with van der Waals surface area (Å²) in [5.74, 6) is -6.49. The van der Waals surface area contributed by atoms with Crippen LogP contribution in [-0.2, 0) is 73.2 Å². The summed E-state index contributed by atoms with van der Waals surface area (Å²) >= 11 is 0. The molecule has 84 heavy (non-hydrogen) atoms. The molecule has 0 bridgehead atoms. The smallest absolute Gasteiger partial charge is 0.397 e. The minimum atomic E-state index is -5.27. The largest absolute Gasteiger partial charge is 0.480 e. The molecule has 2 aromatic rings. The van der Waals surface area contributed by atoms with Gasteiger partial charge in [-0.2, -0.15) is 16.8 Å². The Kier molecular flexibility index (Phi) is 29.4. The Morgan fingerprint density at radius 3 is 1.18 bits per heavy atom. The Labute approximate surface area is 481 Å². The standard InChI is InChI=1S/C42H65N13O25S4/c1-5-11-51(12-6-2)41-32(45-62)21-30(22-33(41)53(63)64)81(69,70)46-38(58)27-48(16-18-50(29-40(60)61)26-37(57)44-10-20-80-84(76,77)78)15-17-49(25-36(56)43-9-19-79-83(73,74)75)28-39(59)47-82(71,72)31-23-34(54(65)66)42(35(24-31)55(67)68)52(13-7-3)14-8-4/h21-24H,5-20,25-29H2,1-4H3,(H,43,56)(H,44,57)(H,46,58)(H,47,59)(H,60,61)(H,73,74,75)(H,76,77,78). The van der Waals surface area contributed by atoms with Gasteiger partial charge in [-0.05, 0) is 36.9 Å². The Bertz CT molecular complexity index is 3130. The number of carboxylic acids is 1. The number of carboxylic acid groups (broad SMARTS) is 1. The average Bonchev–Trinajstić information content (AvgIpc) is 2.41. The minimum absolute atomic E-state index is 0.0777. The Morgan fingerprint density at radius 2 is 0.833 bits per heavy atom. The number of benzene rings is 2. The molecule has 0 aromatic heterocycles. The summed E-state index contributed by atoms with van der Waals surface area (Å²) in [4.78, 5) is 115. The molecule has 0 saturated carbocycles. The van der Waals surface area contributed by atoms with Crippen LogP contribution >= 0.6 is 0 Å². The van der Waals surface area contributed by atoms with Crippen LogP contribution in [0, 0.1) is 35.3 Å². The number of carbonyl (C=O) groups is 5. The third-order valence-electron chi connectivity index (χ3n) is 11.1. The molecule has 42 heteroatoms. The predicted octanol–water partition coefficient (Wildman–Crippen LogP) is -0.766. The van der Waals surface area contributed by atoms with Gasteiger partial charge in [0.25, 0.3) is 25.7 Å². The molecule has 0 fully saturated rings. The van der Waals surface area contributed by atoms with Crippen LogP contribution in [0.4, 0.5) is 34.1 Å². The third kappa shape index (κ3) is 25.3. The van der Waals surface area contributed by atoms with Gasteiger partial charge in [-0.3, -0.25) is 78.1 Å². The van der Waals surface area contributed by atoms with E-state index in [1.54, 1.807) is 37.1 Å². The van der Waals surface area contributed by atoms with Crippen LogP contribution in [0.3, 0.4) is 0 Å². The summed E-state index contributed by atoms with van der Waals surface area (Å²) < 4.78 is 128. The molecule has 2 aromatic carbocycles. The number of sulfonamides is 2. The van der Waals surface area contributed by atoms with Gasteiger partial charge in [0.05, 0.1) is 65.6 Å². The van der Waals surface area contributed by atoms with Crippen LogP contribution in [0.5, 0.6) is 0 Å². The molecule has 7 N–H and O–H groups in total. The second-order valence-electron chi connectivity index (χ2n) is 17.8. The Hall–Kier alpha value is -7.29. The highest BCUT2D eigenvalue weighted by Gasteiger charge is 2.35. The maximum atomic E-state index is 13.8. The number of hydrogen-bond acceptors (Lipinski definition) is 28. The van der Waals surface area contributed by atoms with E-state index in [4.69, 9.17) is 9.11 Å². The van der Waals surface area contributed by atoms with Gasteiger partial charge in [-0.25, -0.2) is 34.6 Å². The van der Waals surface area contributed by atoms with E-state index in [0.717, 1.165) is 14.7 Å². The first-order valence-electron chi connectivity index (χ1n) is 25.0. The second kappa shape index (κ2) is 33.9. The number of nitrogens with zero attached hydrogens (tertiary/aromatic N) is 9. The van der Waals surface area contributed by atoms with Crippen molar-refractivity contribution >= 4 is 105 Å². The monoisotopic (exact) mass is 1280 g/mol. The number of amides is 4. The van der Waals surface area contributed by atoms with E-state index in [9.17, 15) is 98.0 Å². The summed E-state index contributed by atoms with van der Waals surface area (Å²) in [7, 11) is -20.4. The summed E-state index contributed by atoms with van der Waals surface area (Å²) in [6.45, 7) is -2.54. The van der Waals surface area contributed by atoms with Crippen LogP contribution in [0.15, 0.2) is 39.2 Å². The number of rotatable bonds is 42. The number of nitrogens with one attached hydrogen (secondary N) is 4. The van der Waals surface area contributed by atoms with Gasteiger partial charge < -0.3 is 25.5 Å². The van der Waals surface area contributed by atoms with Crippen LogP contribution in [-0.4, -0.2) is 218 Å². The van der Waals surface area contributed by atoms with Crippen LogP contribution < -0.4 is 29.9 Å². The average molecular weight is 1280 g/mol. The fourth-order valence-corrected chi connectivity index (χ4v) is 10.5. The van der Waals surface area contributed by atoms with E-state index < -0.39 is 209 Å². The van der Waals surface area contributed by atoms with Gasteiger partial charge in [-0.1, -0.05) is 27.7 Å². The Morgan fingerprint density at radius 1 is 0.512 bits per heavy atom. The lowest BCUT2D eigenvalue weighted by Crippen LogP contribution is -2.50. The normalized spacial score (nSPS) is 12.0. The van der Waals surface area contributed by atoms with E-state index >= 15 is 0 Å². The van der Waals surface area contributed by atoms with Gasteiger partial charge in [0, 0.05) is 83.6 Å². The highest BCUT2D eigenvalue weighted by Crippen LogP contribution is 2.42. The molecule has 0 aliphatic carbocycles. The van der Waals surface area contributed by atoms with Crippen LogP contribution in [0.25, 0.3) is 0 Å². The van der Waals surface area contributed by atoms with Gasteiger partial charge in [0.2, 0.25) is 23.6 Å². The molecule has 0 radical (unpaired) electrons. The first-order valence-corrected chi connectivity index (χ1v) is 30.7. The van der Waals surface area contributed by atoms with Gasteiger partial charge in [0.1, 0.15) is 16.3 Å². The summed E-state index contributed by atoms with van der Waals surface area (Å²) in [6.07, 6.45) is 1.59. The quantitative estimate of drug-likeness (QED) is 0.0141. The lowest BCUT2D eigenvalue weighted by atomic mass is 10.2. The molecular weight excluding hydrogens is 1210 g/mol. The van der Waals surface area contributed by atoms with E-state index in [0.29, 0.717) is 49.9 Å². The molecule has 4 amide bonds. The molecular formula is C42H65N13O25S4. The van der Waals surface area contributed by atoms with Crippen molar-refractivity contribution in [3.63, 3.8) is 0 Å². The molecule has 2 rings (SSSR count). The van der Waals surface area contributed by atoms with Crippen molar-refractivity contribution in [3.05, 3.63) is 59.5 Å². The van der Waals surface area contributed by atoms with Gasteiger partial charge >= 0.3 is 38.1 Å². The fraction of sp³-hybridized carbons (Fsp3) is 0.595.